The first-order valence-corrected chi connectivity index (χ1v) is 10.1. The number of thioether (sulfide) groups is 1. The summed E-state index contributed by atoms with van der Waals surface area (Å²) in [7, 11) is 0. The second-order valence-corrected chi connectivity index (χ2v) is 8.39. The molecule has 0 radical (unpaired) electrons. The second-order valence-electron chi connectivity index (χ2n) is 6.19. The number of carbonyl (C=O) groups excluding carboxylic acids is 2. The van der Waals surface area contributed by atoms with Crippen LogP contribution < -0.4 is 5.32 Å². The van der Waals surface area contributed by atoms with Gasteiger partial charge in [0.15, 0.2) is 4.34 Å². The molecule has 1 N–H and O–H groups in total. The zero-order valence-electron chi connectivity index (χ0n) is 14.3. The van der Waals surface area contributed by atoms with Crippen molar-refractivity contribution in [2.75, 3.05) is 24.2 Å². The van der Waals surface area contributed by atoms with Crippen molar-refractivity contribution in [1.82, 2.24) is 15.1 Å². The SMILES string of the molecule is CC1CCN(C(=O)CSc2nnc(C(=O)Nc3ccc(F)cc3)s2)CC1. The quantitative estimate of drug-likeness (QED) is 0.788. The van der Waals surface area contributed by atoms with Gasteiger partial charge in [-0.15, -0.1) is 10.2 Å². The van der Waals surface area contributed by atoms with Gasteiger partial charge in [-0.3, -0.25) is 9.59 Å². The summed E-state index contributed by atoms with van der Waals surface area (Å²) in [6.45, 7) is 3.82. The van der Waals surface area contributed by atoms with Gasteiger partial charge in [-0.25, -0.2) is 4.39 Å². The van der Waals surface area contributed by atoms with E-state index < -0.39 is 5.91 Å². The van der Waals surface area contributed by atoms with Crippen molar-refractivity contribution < 1.29 is 14.0 Å². The van der Waals surface area contributed by atoms with E-state index in [2.05, 4.69) is 22.4 Å². The first-order chi connectivity index (χ1) is 12.5. The van der Waals surface area contributed by atoms with Gasteiger partial charge in [0, 0.05) is 18.8 Å². The summed E-state index contributed by atoms with van der Waals surface area (Å²) in [6, 6.07) is 5.48. The van der Waals surface area contributed by atoms with Crippen LogP contribution in [-0.2, 0) is 4.79 Å². The lowest BCUT2D eigenvalue weighted by Gasteiger charge is -2.30. The maximum Gasteiger partial charge on any atom is 0.286 e. The van der Waals surface area contributed by atoms with Crippen molar-refractivity contribution in [3.63, 3.8) is 0 Å². The molecule has 2 amide bonds. The molecular weight excluding hydrogens is 375 g/mol. The van der Waals surface area contributed by atoms with Crippen molar-refractivity contribution in [3.8, 4) is 0 Å². The third-order valence-electron chi connectivity index (χ3n) is 4.16. The van der Waals surface area contributed by atoms with Crippen LogP contribution in [0, 0.1) is 11.7 Å². The summed E-state index contributed by atoms with van der Waals surface area (Å²) in [5, 5.41) is 10.7. The molecule has 3 rings (SSSR count). The molecular formula is C17H19FN4O2S2. The van der Waals surface area contributed by atoms with Crippen LogP contribution in [0.4, 0.5) is 10.1 Å². The van der Waals surface area contributed by atoms with E-state index in [-0.39, 0.29) is 16.7 Å². The lowest BCUT2D eigenvalue weighted by Crippen LogP contribution is -2.38. The van der Waals surface area contributed by atoms with E-state index in [1.165, 1.54) is 36.0 Å². The minimum Gasteiger partial charge on any atom is -0.342 e. The molecule has 1 saturated heterocycles. The molecule has 1 aliphatic heterocycles. The summed E-state index contributed by atoms with van der Waals surface area (Å²) in [6.07, 6.45) is 2.09. The summed E-state index contributed by atoms with van der Waals surface area (Å²) >= 11 is 2.43. The standard InChI is InChI=1S/C17H19FN4O2S2/c1-11-6-8-22(9-7-11)14(23)10-25-17-21-20-16(26-17)15(24)19-13-4-2-12(18)3-5-13/h2-5,11H,6-10H2,1H3,(H,19,24). The predicted molar refractivity (Wildman–Crippen MR) is 100.0 cm³/mol. The highest BCUT2D eigenvalue weighted by Gasteiger charge is 2.21. The smallest absolute Gasteiger partial charge is 0.286 e. The van der Waals surface area contributed by atoms with Crippen LogP contribution in [0.1, 0.15) is 29.6 Å². The molecule has 138 valence electrons. The third-order valence-corrected chi connectivity index (χ3v) is 6.20. The van der Waals surface area contributed by atoms with Crippen LogP contribution in [0.2, 0.25) is 0 Å². The number of amides is 2. The fourth-order valence-corrected chi connectivity index (χ4v) is 4.20. The molecule has 0 aliphatic carbocycles. The van der Waals surface area contributed by atoms with Crippen molar-refractivity contribution >= 4 is 40.6 Å². The maximum absolute atomic E-state index is 12.9. The summed E-state index contributed by atoms with van der Waals surface area (Å²) < 4.78 is 13.5. The summed E-state index contributed by atoms with van der Waals surface area (Å²) in [5.74, 6) is 0.289. The van der Waals surface area contributed by atoms with Crippen LogP contribution in [0.15, 0.2) is 28.6 Å². The Labute approximate surface area is 159 Å². The number of rotatable bonds is 5. The maximum atomic E-state index is 12.9. The van der Waals surface area contributed by atoms with Gasteiger partial charge in [-0.2, -0.15) is 0 Å². The van der Waals surface area contributed by atoms with Gasteiger partial charge in [-0.05, 0) is 43.0 Å². The van der Waals surface area contributed by atoms with Crippen LogP contribution in [0.3, 0.4) is 0 Å². The molecule has 1 aromatic heterocycles. The number of anilines is 1. The van der Waals surface area contributed by atoms with Gasteiger partial charge >= 0.3 is 0 Å². The Morgan fingerprint density at radius 2 is 1.96 bits per heavy atom. The average molecular weight is 394 g/mol. The minimum absolute atomic E-state index is 0.0920. The molecule has 26 heavy (non-hydrogen) atoms. The summed E-state index contributed by atoms with van der Waals surface area (Å²) in [5.41, 5.74) is 0.482. The molecule has 1 aromatic carbocycles. The monoisotopic (exact) mass is 394 g/mol. The first-order valence-electron chi connectivity index (χ1n) is 8.32. The van der Waals surface area contributed by atoms with Crippen LogP contribution in [-0.4, -0.2) is 45.8 Å². The van der Waals surface area contributed by atoms with E-state index in [1.54, 1.807) is 0 Å². The normalized spacial score (nSPS) is 15.1. The number of carbonyl (C=O) groups is 2. The number of nitrogens with one attached hydrogen (secondary N) is 1. The Hall–Kier alpha value is -2.00. The van der Waals surface area contributed by atoms with E-state index in [9.17, 15) is 14.0 Å². The van der Waals surface area contributed by atoms with Crippen molar-refractivity contribution in [2.45, 2.75) is 24.1 Å². The van der Waals surface area contributed by atoms with Crippen molar-refractivity contribution in [3.05, 3.63) is 35.1 Å². The van der Waals surface area contributed by atoms with Gasteiger partial charge in [0.25, 0.3) is 5.91 Å². The fraction of sp³-hybridized carbons (Fsp3) is 0.412. The Morgan fingerprint density at radius 1 is 1.27 bits per heavy atom. The predicted octanol–water partition coefficient (Wildman–Crippen LogP) is 3.28. The fourth-order valence-electron chi connectivity index (χ4n) is 2.55. The summed E-state index contributed by atoms with van der Waals surface area (Å²) in [4.78, 5) is 26.3. The van der Waals surface area contributed by atoms with E-state index >= 15 is 0 Å². The number of hydrogen-bond donors (Lipinski definition) is 1. The van der Waals surface area contributed by atoms with E-state index in [4.69, 9.17) is 0 Å². The number of hydrogen-bond acceptors (Lipinski definition) is 6. The average Bonchev–Trinajstić information content (AvgIpc) is 3.11. The van der Waals surface area contributed by atoms with Crippen LogP contribution >= 0.6 is 23.1 Å². The number of piperidine rings is 1. The van der Waals surface area contributed by atoms with Gasteiger partial charge < -0.3 is 10.2 Å². The molecule has 0 spiro atoms. The molecule has 6 nitrogen and oxygen atoms in total. The Bertz CT molecular complexity index is 773. The molecule has 2 aromatic rings. The highest BCUT2D eigenvalue weighted by molar-refractivity contribution is 8.01. The van der Waals surface area contributed by atoms with Gasteiger partial charge in [0.1, 0.15) is 5.82 Å². The van der Waals surface area contributed by atoms with E-state index in [1.807, 2.05) is 4.90 Å². The number of likely N-dealkylation sites (tertiary alicyclic amines) is 1. The molecule has 0 bridgehead atoms. The molecule has 9 heteroatoms. The molecule has 0 unspecified atom stereocenters. The van der Waals surface area contributed by atoms with E-state index in [0.717, 1.165) is 37.3 Å². The lowest BCUT2D eigenvalue weighted by molar-refractivity contribution is -0.129. The topological polar surface area (TPSA) is 75.2 Å². The number of benzene rings is 1. The van der Waals surface area contributed by atoms with Crippen LogP contribution in [0.5, 0.6) is 0 Å². The highest BCUT2D eigenvalue weighted by atomic mass is 32.2. The van der Waals surface area contributed by atoms with Gasteiger partial charge in [-0.1, -0.05) is 30.0 Å². The number of halogens is 1. The molecule has 0 atom stereocenters. The molecule has 1 fully saturated rings. The van der Waals surface area contributed by atoms with Gasteiger partial charge in [0.2, 0.25) is 10.9 Å². The van der Waals surface area contributed by atoms with Crippen molar-refractivity contribution in [2.24, 2.45) is 5.92 Å². The van der Waals surface area contributed by atoms with Crippen LogP contribution in [0.25, 0.3) is 0 Å². The van der Waals surface area contributed by atoms with E-state index in [0.29, 0.717) is 21.7 Å². The molecule has 1 aliphatic rings. The second kappa shape index (κ2) is 8.59. The first kappa shape index (κ1) is 18.8. The number of aromatic nitrogens is 2. The lowest BCUT2D eigenvalue weighted by atomic mass is 9.99. The molecule has 2 heterocycles. The minimum atomic E-state index is -0.405. The Kier molecular flexibility index (Phi) is 6.20. The largest absolute Gasteiger partial charge is 0.342 e. The third kappa shape index (κ3) is 5.01. The Balaban J connectivity index is 1.50. The number of nitrogens with zero attached hydrogens (tertiary/aromatic N) is 3. The van der Waals surface area contributed by atoms with Gasteiger partial charge in [0.05, 0.1) is 5.75 Å². The van der Waals surface area contributed by atoms with Crippen molar-refractivity contribution in [1.29, 1.82) is 0 Å². The highest BCUT2D eigenvalue weighted by Crippen LogP contribution is 2.24. The Morgan fingerprint density at radius 3 is 2.65 bits per heavy atom. The zero-order chi connectivity index (χ0) is 18.5. The molecule has 0 saturated carbocycles. The zero-order valence-corrected chi connectivity index (χ0v) is 15.9.